The largest absolute Gasteiger partial charge is 0.348 e. The van der Waals surface area contributed by atoms with Crippen LogP contribution in [0, 0.1) is 11.6 Å². The highest BCUT2D eigenvalue weighted by molar-refractivity contribution is 6.08. The second-order valence-electron chi connectivity index (χ2n) is 6.29. The van der Waals surface area contributed by atoms with Crippen LogP contribution in [0.5, 0.6) is 0 Å². The Balaban J connectivity index is 1.70. The van der Waals surface area contributed by atoms with Gasteiger partial charge in [0.25, 0.3) is 11.8 Å². The number of rotatable bonds is 4. The van der Waals surface area contributed by atoms with Crippen molar-refractivity contribution in [1.82, 2.24) is 15.5 Å². The Kier molecular flexibility index (Phi) is 5.27. The van der Waals surface area contributed by atoms with Crippen LogP contribution in [-0.2, 0) is 0 Å². The van der Waals surface area contributed by atoms with Gasteiger partial charge in [-0.1, -0.05) is 6.07 Å². The normalized spacial score (nSPS) is 19.8. The maximum atomic E-state index is 13.7. The number of nitrogens with zero attached hydrogens (tertiary/aromatic N) is 1. The van der Waals surface area contributed by atoms with Crippen molar-refractivity contribution in [3.63, 3.8) is 0 Å². The van der Waals surface area contributed by atoms with E-state index in [0.29, 0.717) is 0 Å². The fourth-order valence-corrected chi connectivity index (χ4v) is 2.97. The molecule has 26 heavy (non-hydrogen) atoms. The average Bonchev–Trinajstić information content (AvgIpc) is 3.05. The van der Waals surface area contributed by atoms with E-state index in [0.717, 1.165) is 43.9 Å². The molecule has 7 nitrogen and oxygen atoms in total. The second kappa shape index (κ2) is 7.61. The van der Waals surface area contributed by atoms with E-state index in [2.05, 4.69) is 20.8 Å². The third-order valence-electron chi connectivity index (χ3n) is 4.41. The summed E-state index contributed by atoms with van der Waals surface area (Å²) in [4.78, 5) is 24.6. The summed E-state index contributed by atoms with van der Waals surface area (Å²) in [6.07, 6.45) is 4.39. The predicted molar refractivity (Wildman–Crippen MR) is 90.6 cm³/mol. The van der Waals surface area contributed by atoms with Crippen LogP contribution in [0.2, 0.25) is 0 Å². The average molecular weight is 363 g/mol. The standard InChI is InChI=1S/C17H19F2N5O2/c18-11-2-1-3-12(19)14(11)16(25)23-13-8-21-24-15(13)17(26)22-10-6-4-9(20)5-7-10/h1-3,8-10H,4-7,20H2,(H,21,24)(H,22,26)(H,23,25). The summed E-state index contributed by atoms with van der Waals surface area (Å²) in [5.41, 5.74) is 5.18. The first-order chi connectivity index (χ1) is 12.5. The van der Waals surface area contributed by atoms with Gasteiger partial charge in [0, 0.05) is 12.1 Å². The summed E-state index contributed by atoms with van der Waals surface area (Å²) in [6.45, 7) is 0. The topological polar surface area (TPSA) is 113 Å². The Morgan fingerprint density at radius 3 is 2.42 bits per heavy atom. The van der Waals surface area contributed by atoms with Gasteiger partial charge in [0.15, 0.2) is 0 Å². The number of aromatic amines is 1. The highest BCUT2D eigenvalue weighted by atomic mass is 19.1. The smallest absolute Gasteiger partial charge is 0.271 e. The summed E-state index contributed by atoms with van der Waals surface area (Å²) in [5, 5.41) is 11.4. The lowest BCUT2D eigenvalue weighted by atomic mass is 9.92. The maximum Gasteiger partial charge on any atom is 0.271 e. The van der Waals surface area contributed by atoms with Crippen LogP contribution in [0.4, 0.5) is 14.5 Å². The van der Waals surface area contributed by atoms with Crippen molar-refractivity contribution in [3.8, 4) is 0 Å². The Bertz CT molecular complexity index is 795. The number of nitrogens with one attached hydrogen (secondary N) is 3. The molecular weight excluding hydrogens is 344 g/mol. The molecule has 0 radical (unpaired) electrons. The molecule has 0 unspecified atom stereocenters. The van der Waals surface area contributed by atoms with Gasteiger partial charge >= 0.3 is 0 Å². The van der Waals surface area contributed by atoms with Gasteiger partial charge in [-0.25, -0.2) is 8.78 Å². The van der Waals surface area contributed by atoms with E-state index in [1.54, 1.807) is 0 Å². The van der Waals surface area contributed by atoms with Crippen LogP contribution >= 0.6 is 0 Å². The molecule has 1 aliphatic carbocycles. The van der Waals surface area contributed by atoms with Gasteiger partial charge in [-0.15, -0.1) is 0 Å². The maximum absolute atomic E-state index is 13.7. The molecule has 138 valence electrons. The van der Waals surface area contributed by atoms with Crippen molar-refractivity contribution in [2.75, 3.05) is 5.32 Å². The number of anilines is 1. The molecule has 1 aromatic carbocycles. The van der Waals surface area contributed by atoms with E-state index in [4.69, 9.17) is 5.73 Å². The molecule has 0 saturated heterocycles. The van der Waals surface area contributed by atoms with E-state index in [1.165, 1.54) is 6.20 Å². The first-order valence-electron chi connectivity index (χ1n) is 8.31. The minimum absolute atomic E-state index is 0.0156. The van der Waals surface area contributed by atoms with Crippen molar-refractivity contribution in [1.29, 1.82) is 0 Å². The van der Waals surface area contributed by atoms with Crippen molar-refractivity contribution in [2.45, 2.75) is 37.8 Å². The lowest BCUT2D eigenvalue weighted by Gasteiger charge is -2.26. The van der Waals surface area contributed by atoms with Gasteiger partial charge in [-0.2, -0.15) is 5.10 Å². The SMILES string of the molecule is NC1CCC(NC(=O)c2[nH]ncc2NC(=O)c2c(F)cccc2F)CC1. The van der Waals surface area contributed by atoms with E-state index in [9.17, 15) is 18.4 Å². The molecular formula is C17H19F2N5O2. The van der Waals surface area contributed by atoms with Gasteiger partial charge in [0.2, 0.25) is 0 Å². The first kappa shape index (κ1) is 18.0. The molecule has 3 rings (SSSR count). The zero-order valence-electron chi connectivity index (χ0n) is 13.9. The number of halogens is 2. The number of carbonyl (C=O) groups excluding carboxylic acids is 2. The summed E-state index contributed by atoms with van der Waals surface area (Å²) >= 11 is 0. The van der Waals surface area contributed by atoms with Crippen LogP contribution in [0.3, 0.4) is 0 Å². The van der Waals surface area contributed by atoms with Crippen molar-refractivity contribution >= 4 is 17.5 Å². The number of benzene rings is 1. The van der Waals surface area contributed by atoms with Gasteiger partial charge < -0.3 is 16.4 Å². The number of hydrogen-bond donors (Lipinski definition) is 4. The van der Waals surface area contributed by atoms with Crippen LogP contribution in [0.15, 0.2) is 24.4 Å². The molecule has 1 heterocycles. The van der Waals surface area contributed by atoms with Crippen LogP contribution < -0.4 is 16.4 Å². The minimum atomic E-state index is -1.00. The zero-order chi connectivity index (χ0) is 18.7. The number of H-pyrrole nitrogens is 1. The molecule has 5 N–H and O–H groups in total. The number of hydrogen-bond acceptors (Lipinski definition) is 4. The third kappa shape index (κ3) is 3.88. The number of aromatic nitrogens is 2. The van der Waals surface area contributed by atoms with Gasteiger partial charge in [-0.05, 0) is 37.8 Å². The lowest BCUT2D eigenvalue weighted by molar-refractivity contribution is 0.0921. The Morgan fingerprint density at radius 2 is 1.77 bits per heavy atom. The van der Waals surface area contributed by atoms with Gasteiger partial charge in [0.1, 0.15) is 22.9 Å². The van der Waals surface area contributed by atoms with Crippen LogP contribution in [-0.4, -0.2) is 34.1 Å². The molecule has 1 aromatic heterocycles. The van der Waals surface area contributed by atoms with Crippen molar-refractivity contribution in [2.24, 2.45) is 5.73 Å². The van der Waals surface area contributed by atoms with E-state index in [-0.39, 0.29) is 23.5 Å². The molecule has 1 saturated carbocycles. The molecule has 0 spiro atoms. The molecule has 1 aliphatic rings. The summed E-state index contributed by atoms with van der Waals surface area (Å²) in [7, 11) is 0. The Morgan fingerprint density at radius 1 is 1.12 bits per heavy atom. The molecule has 1 fully saturated rings. The van der Waals surface area contributed by atoms with Gasteiger partial charge in [-0.3, -0.25) is 14.7 Å². The monoisotopic (exact) mass is 363 g/mol. The first-order valence-corrected chi connectivity index (χ1v) is 8.31. The Labute approximate surface area is 148 Å². The van der Waals surface area contributed by atoms with Crippen LogP contribution in [0.25, 0.3) is 0 Å². The van der Waals surface area contributed by atoms with E-state index >= 15 is 0 Å². The number of carbonyl (C=O) groups is 2. The van der Waals surface area contributed by atoms with Crippen LogP contribution in [0.1, 0.15) is 46.5 Å². The highest BCUT2D eigenvalue weighted by Crippen LogP contribution is 2.20. The summed E-state index contributed by atoms with van der Waals surface area (Å²) < 4.78 is 27.4. The fraction of sp³-hybridized carbons (Fsp3) is 0.353. The van der Waals surface area contributed by atoms with Crippen molar-refractivity contribution in [3.05, 3.63) is 47.3 Å². The molecule has 0 atom stereocenters. The number of amides is 2. The highest BCUT2D eigenvalue weighted by Gasteiger charge is 2.24. The predicted octanol–water partition coefficient (Wildman–Crippen LogP) is 1.94. The molecule has 2 aromatic rings. The third-order valence-corrected chi connectivity index (χ3v) is 4.41. The van der Waals surface area contributed by atoms with Crippen molar-refractivity contribution < 1.29 is 18.4 Å². The van der Waals surface area contributed by atoms with Gasteiger partial charge in [0.05, 0.1) is 11.9 Å². The minimum Gasteiger partial charge on any atom is -0.348 e. The molecule has 9 heteroatoms. The second-order valence-corrected chi connectivity index (χ2v) is 6.29. The summed E-state index contributed by atoms with van der Waals surface area (Å²) in [6, 6.07) is 3.26. The fourth-order valence-electron chi connectivity index (χ4n) is 2.97. The Hall–Kier alpha value is -2.81. The van der Waals surface area contributed by atoms with E-state index in [1.807, 2.05) is 0 Å². The van der Waals surface area contributed by atoms with E-state index < -0.39 is 29.0 Å². The molecule has 0 aliphatic heterocycles. The zero-order valence-corrected chi connectivity index (χ0v) is 13.9. The summed E-state index contributed by atoms with van der Waals surface area (Å²) in [5.74, 6) is -3.43. The lowest BCUT2D eigenvalue weighted by Crippen LogP contribution is -2.40. The number of nitrogens with two attached hydrogens (primary N) is 1. The molecule has 0 bridgehead atoms. The quantitative estimate of drug-likeness (QED) is 0.665. The molecule has 2 amide bonds.